The minimum atomic E-state index is 0.547. The summed E-state index contributed by atoms with van der Waals surface area (Å²) in [5.74, 6) is 0.547. The quantitative estimate of drug-likeness (QED) is 0.901. The van der Waals surface area contributed by atoms with Crippen molar-refractivity contribution in [1.82, 2.24) is 14.8 Å². The normalized spacial score (nSPS) is 10.5. The van der Waals surface area contributed by atoms with Crippen LogP contribution in [-0.4, -0.2) is 14.8 Å². The van der Waals surface area contributed by atoms with Gasteiger partial charge >= 0.3 is 0 Å². The minimum Gasteiger partial charge on any atom is -0.384 e. The molecule has 2 aromatic rings. The molecule has 78 valence electrons. The summed E-state index contributed by atoms with van der Waals surface area (Å²) in [7, 11) is 1.92. The lowest BCUT2D eigenvalue weighted by Crippen LogP contribution is -2.00. The molecule has 0 aliphatic carbocycles. The molecule has 0 fully saturated rings. The molecule has 2 aromatic heterocycles. The highest BCUT2D eigenvalue weighted by atomic mass is 79.9. The Bertz CT molecular complexity index is 459. The second kappa shape index (κ2) is 4.02. The maximum absolute atomic E-state index is 5.62. The third-order valence-corrected chi connectivity index (χ3v) is 2.89. The molecule has 0 atom stereocenters. The Kier molecular flexibility index (Phi) is 2.73. The molecule has 0 aliphatic rings. The molecule has 5 heteroatoms. The number of nitrogens with zero attached hydrogens (tertiary/aromatic N) is 3. The lowest BCUT2D eigenvalue weighted by atomic mass is 10.1. The van der Waals surface area contributed by atoms with Crippen molar-refractivity contribution in [1.29, 1.82) is 0 Å². The van der Waals surface area contributed by atoms with E-state index >= 15 is 0 Å². The predicted octanol–water partition coefficient (Wildman–Crippen LogP) is 1.75. The Morgan fingerprint density at radius 3 is 2.93 bits per heavy atom. The van der Waals surface area contributed by atoms with E-state index in [0.29, 0.717) is 5.82 Å². The van der Waals surface area contributed by atoms with Gasteiger partial charge in [-0.15, -0.1) is 0 Å². The van der Waals surface area contributed by atoms with Gasteiger partial charge < -0.3 is 5.73 Å². The second-order valence-corrected chi connectivity index (χ2v) is 4.18. The van der Waals surface area contributed by atoms with Gasteiger partial charge in [0.15, 0.2) is 0 Å². The molecule has 0 saturated heterocycles. The highest BCUT2D eigenvalue weighted by Crippen LogP contribution is 2.19. The summed E-state index contributed by atoms with van der Waals surface area (Å²) in [6.45, 7) is 0. The van der Waals surface area contributed by atoms with Gasteiger partial charge in [0.1, 0.15) is 5.82 Å². The molecular weight excluding hydrogens is 256 g/mol. The van der Waals surface area contributed by atoms with Gasteiger partial charge in [0.05, 0.1) is 16.4 Å². The van der Waals surface area contributed by atoms with Crippen molar-refractivity contribution in [3.63, 3.8) is 0 Å². The van der Waals surface area contributed by atoms with Crippen LogP contribution in [0, 0.1) is 0 Å². The molecule has 2 rings (SSSR count). The Labute approximate surface area is 96.3 Å². The molecule has 0 saturated carbocycles. The van der Waals surface area contributed by atoms with Crippen molar-refractivity contribution in [2.75, 3.05) is 5.73 Å². The molecule has 0 aromatic carbocycles. The Morgan fingerprint density at radius 2 is 2.33 bits per heavy atom. The molecule has 0 unspecified atom stereocenters. The van der Waals surface area contributed by atoms with Crippen molar-refractivity contribution in [3.8, 4) is 0 Å². The standard InChI is InChI=1S/C10H11BrN4/c1-15-9(8(11)6-14-15)4-7-2-3-13-10(12)5-7/h2-3,5-6H,4H2,1H3,(H2,12,13). The van der Waals surface area contributed by atoms with E-state index in [9.17, 15) is 0 Å². The first-order valence-corrected chi connectivity index (χ1v) is 5.33. The largest absolute Gasteiger partial charge is 0.384 e. The summed E-state index contributed by atoms with van der Waals surface area (Å²) in [5.41, 5.74) is 7.88. The van der Waals surface area contributed by atoms with Crippen LogP contribution in [0.25, 0.3) is 0 Å². The summed E-state index contributed by atoms with van der Waals surface area (Å²) < 4.78 is 2.86. The van der Waals surface area contributed by atoms with Gasteiger partial charge in [-0.2, -0.15) is 5.10 Å². The van der Waals surface area contributed by atoms with Gasteiger partial charge in [0.2, 0.25) is 0 Å². The van der Waals surface area contributed by atoms with Gasteiger partial charge in [-0.05, 0) is 33.6 Å². The first-order chi connectivity index (χ1) is 7.16. The van der Waals surface area contributed by atoms with Crippen LogP contribution in [0.1, 0.15) is 11.3 Å². The third kappa shape index (κ3) is 2.18. The van der Waals surface area contributed by atoms with Crippen molar-refractivity contribution in [2.24, 2.45) is 7.05 Å². The number of hydrogen-bond donors (Lipinski definition) is 1. The van der Waals surface area contributed by atoms with E-state index in [1.54, 1.807) is 12.4 Å². The molecule has 2 N–H and O–H groups in total. The maximum atomic E-state index is 5.62. The molecule has 0 aliphatic heterocycles. The molecular formula is C10H11BrN4. The summed E-state index contributed by atoms with van der Waals surface area (Å²) in [5, 5.41) is 4.16. The predicted molar refractivity (Wildman–Crippen MR) is 62.4 cm³/mol. The van der Waals surface area contributed by atoms with E-state index in [1.807, 2.05) is 23.9 Å². The number of anilines is 1. The maximum Gasteiger partial charge on any atom is 0.123 e. The number of aryl methyl sites for hydroxylation is 1. The molecule has 2 heterocycles. The number of nitrogens with two attached hydrogens (primary N) is 1. The zero-order valence-corrected chi connectivity index (χ0v) is 9.90. The van der Waals surface area contributed by atoms with E-state index in [4.69, 9.17) is 5.73 Å². The van der Waals surface area contributed by atoms with E-state index in [1.165, 1.54) is 0 Å². The van der Waals surface area contributed by atoms with Gasteiger partial charge in [-0.25, -0.2) is 4.98 Å². The fraction of sp³-hybridized carbons (Fsp3) is 0.200. The zero-order valence-electron chi connectivity index (χ0n) is 8.31. The van der Waals surface area contributed by atoms with E-state index in [0.717, 1.165) is 22.2 Å². The molecule has 4 nitrogen and oxygen atoms in total. The summed E-state index contributed by atoms with van der Waals surface area (Å²) >= 11 is 3.46. The van der Waals surface area contributed by atoms with Crippen LogP contribution in [0.3, 0.4) is 0 Å². The van der Waals surface area contributed by atoms with Gasteiger partial charge in [-0.1, -0.05) is 0 Å². The van der Waals surface area contributed by atoms with Crippen LogP contribution in [0.4, 0.5) is 5.82 Å². The molecule has 0 amide bonds. The summed E-state index contributed by atoms with van der Waals surface area (Å²) in [6.07, 6.45) is 4.30. The average Bonchev–Trinajstić information content (AvgIpc) is 2.50. The van der Waals surface area contributed by atoms with Gasteiger partial charge in [0, 0.05) is 19.7 Å². The van der Waals surface area contributed by atoms with E-state index in [-0.39, 0.29) is 0 Å². The van der Waals surface area contributed by atoms with Crippen LogP contribution >= 0.6 is 15.9 Å². The molecule has 15 heavy (non-hydrogen) atoms. The lowest BCUT2D eigenvalue weighted by molar-refractivity contribution is 0.723. The molecule has 0 spiro atoms. The molecule has 0 bridgehead atoms. The number of nitrogen functional groups attached to an aromatic ring is 1. The van der Waals surface area contributed by atoms with Gasteiger partial charge in [-0.3, -0.25) is 4.68 Å². The number of pyridine rings is 1. The van der Waals surface area contributed by atoms with Crippen LogP contribution in [0.5, 0.6) is 0 Å². The Balaban J connectivity index is 2.29. The highest BCUT2D eigenvalue weighted by Gasteiger charge is 2.06. The zero-order chi connectivity index (χ0) is 10.8. The van der Waals surface area contributed by atoms with Crippen LogP contribution < -0.4 is 5.73 Å². The van der Waals surface area contributed by atoms with Crippen molar-refractivity contribution in [2.45, 2.75) is 6.42 Å². The third-order valence-electron chi connectivity index (χ3n) is 2.23. The Hall–Kier alpha value is -1.36. The second-order valence-electron chi connectivity index (χ2n) is 3.33. The monoisotopic (exact) mass is 266 g/mol. The van der Waals surface area contributed by atoms with Crippen molar-refractivity contribution < 1.29 is 0 Å². The topological polar surface area (TPSA) is 56.7 Å². The average molecular weight is 267 g/mol. The minimum absolute atomic E-state index is 0.547. The fourth-order valence-corrected chi connectivity index (χ4v) is 1.92. The number of aromatic nitrogens is 3. The van der Waals surface area contributed by atoms with Crippen LogP contribution in [0.15, 0.2) is 29.0 Å². The SMILES string of the molecule is Cn1ncc(Br)c1Cc1ccnc(N)c1. The van der Waals surface area contributed by atoms with E-state index < -0.39 is 0 Å². The van der Waals surface area contributed by atoms with Gasteiger partial charge in [0.25, 0.3) is 0 Å². The summed E-state index contributed by atoms with van der Waals surface area (Å²) in [6, 6.07) is 3.83. The number of halogens is 1. The Morgan fingerprint density at radius 1 is 1.53 bits per heavy atom. The fourth-order valence-electron chi connectivity index (χ4n) is 1.43. The first kappa shape index (κ1) is 10.2. The number of hydrogen-bond acceptors (Lipinski definition) is 3. The summed E-state index contributed by atoms with van der Waals surface area (Å²) in [4.78, 5) is 3.96. The van der Waals surface area contributed by atoms with E-state index in [2.05, 4.69) is 26.0 Å². The molecule has 0 radical (unpaired) electrons. The lowest BCUT2D eigenvalue weighted by Gasteiger charge is -2.03. The first-order valence-electron chi connectivity index (χ1n) is 4.53. The van der Waals surface area contributed by atoms with Crippen LogP contribution in [-0.2, 0) is 13.5 Å². The number of rotatable bonds is 2. The smallest absolute Gasteiger partial charge is 0.123 e. The van der Waals surface area contributed by atoms with Crippen molar-refractivity contribution >= 4 is 21.7 Å². The van der Waals surface area contributed by atoms with Crippen molar-refractivity contribution in [3.05, 3.63) is 40.3 Å². The van der Waals surface area contributed by atoms with Crippen LogP contribution in [0.2, 0.25) is 0 Å². The highest BCUT2D eigenvalue weighted by molar-refractivity contribution is 9.10.